The Hall–Kier alpha value is -1.71. The quantitative estimate of drug-likeness (QED) is 0.754. The average Bonchev–Trinajstić information content (AvgIpc) is 2.15. The molecule has 0 saturated carbocycles. The summed E-state index contributed by atoms with van der Waals surface area (Å²) in [7, 11) is 0. The molecule has 0 fully saturated rings. The number of nitrogens with zero attached hydrogens (tertiary/aromatic N) is 2. The molecule has 0 aromatic carbocycles. The van der Waals surface area contributed by atoms with E-state index in [2.05, 4.69) is 4.98 Å². The first-order valence-electron chi connectivity index (χ1n) is 4.50. The van der Waals surface area contributed by atoms with E-state index >= 15 is 0 Å². The Morgan fingerprint density at radius 3 is 2.41 bits per heavy atom. The van der Waals surface area contributed by atoms with Gasteiger partial charge in [0.25, 0.3) is 6.43 Å². The number of aromatic nitrogens is 1. The Bertz CT molecular complexity index is 459. The van der Waals surface area contributed by atoms with E-state index in [-0.39, 0.29) is 5.69 Å². The van der Waals surface area contributed by atoms with Gasteiger partial charge in [-0.05, 0) is 13.0 Å². The topological polar surface area (TPSA) is 36.7 Å². The van der Waals surface area contributed by atoms with Crippen LogP contribution in [0.25, 0.3) is 0 Å². The van der Waals surface area contributed by atoms with Gasteiger partial charge in [-0.25, -0.2) is 8.78 Å². The summed E-state index contributed by atoms with van der Waals surface area (Å²) in [5, 5.41) is 8.37. The summed E-state index contributed by atoms with van der Waals surface area (Å²) in [5.74, 6) is 0. The molecule has 0 unspecified atom stereocenters. The number of aryl methyl sites for hydroxylation is 1. The summed E-state index contributed by atoms with van der Waals surface area (Å²) in [4.78, 5) is 3.43. The molecule has 0 aliphatic carbocycles. The first-order chi connectivity index (χ1) is 7.77. The molecule has 1 rings (SSSR count). The van der Waals surface area contributed by atoms with Gasteiger partial charge in [0.05, 0.1) is 23.7 Å². The number of hydrogen-bond acceptors (Lipinski definition) is 2. The van der Waals surface area contributed by atoms with E-state index in [1.165, 1.54) is 13.0 Å². The predicted molar refractivity (Wildman–Crippen MR) is 48.3 cm³/mol. The Balaban J connectivity index is 3.43. The molecular formula is C10H7F5N2. The standard InChI is InChI=1S/C10H7F5N2/c1-5-6(9(11)12)4-7(10(13,14)15)8(17-5)2-3-16/h4,9H,2H2,1H3. The monoisotopic (exact) mass is 250 g/mol. The van der Waals surface area contributed by atoms with Crippen LogP contribution < -0.4 is 0 Å². The van der Waals surface area contributed by atoms with Gasteiger partial charge in [-0.1, -0.05) is 0 Å². The summed E-state index contributed by atoms with van der Waals surface area (Å²) < 4.78 is 62.5. The lowest BCUT2D eigenvalue weighted by atomic mass is 10.1. The smallest absolute Gasteiger partial charge is 0.256 e. The highest BCUT2D eigenvalue weighted by Crippen LogP contribution is 2.34. The molecule has 0 bridgehead atoms. The van der Waals surface area contributed by atoms with Gasteiger partial charge < -0.3 is 0 Å². The van der Waals surface area contributed by atoms with Crippen molar-refractivity contribution in [1.29, 1.82) is 5.26 Å². The maximum absolute atomic E-state index is 12.6. The Morgan fingerprint density at radius 1 is 1.41 bits per heavy atom. The molecule has 0 atom stereocenters. The Kier molecular flexibility index (Phi) is 3.66. The van der Waals surface area contributed by atoms with Crippen molar-refractivity contribution in [1.82, 2.24) is 4.98 Å². The third kappa shape index (κ3) is 2.90. The van der Waals surface area contributed by atoms with E-state index in [0.29, 0.717) is 6.07 Å². The first kappa shape index (κ1) is 13.4. The molecular weight excluding hydrogens is 243 g/mol. The van der Waals surface area contributed by atoms with E-state index in [1.54, 1.807) is 0 Å². The molecule has 0 radical (unpaired) electrons. The SMILES string of the molecule is Cc1nc(CC#N)c(C(F)(F)F)cc1C(F)F. The van der Waals surface area contributed by atoms with Gasteiger partial charge in [-0.2, -0.15) is 18.4 Å². The van der Waals surface area contributed by atoms with E-state index in [4.69, 9.17) is 5.26 Å². The maximum atomic E-state index is 12.6. The van der Waals surface area contributed by atoms with Crippen molar-refractivity contribution in [2.24, 2.45) is 0 Å². The average molecular weight is 250 g/mol. The second kappa shape index (κ2) is 4.65. The third-order valence-corrected chi connectivity index (χ3v) is 2.12. The maximum Gasteiger partial charge on any atom is 0.418 e. The van der Waals surface area contributed by atoms with Gasteiger partial charge >= 0.3 is 6.18 Å². The van der Waals surface area contributed by atoms with Crippen molar-refractivity contribution in [3.05, 3.63) is 28.6 Å². The Labute approximate surface area is 93.7 Å². The lowest BCUT2D eigenvalue weighted by Gasteiger charge is -2.14. The van der Waals surface area contributed by atoms with E-state index in [0.717, 1.165) is 0 Å². The van der Waals surface area contributed by atoms with Crippen LogP contribution in [0.1, 0.15) is 28.9 Å². The molecule has 0 saturated heterocycles. The number of hydrogen-bond donors (Lipinski definition) is 0. The molecule has 7 heteroatoms. The molecule has 1 aromatic rings. The zero-order valence-corrected chi connectivity index (χ0v) is 8.65. The second-order valence-corrected chi connectivity index (χ2v) is 3.29. The lowest BCUT2D eigenvalue weighted by molar-refractivity contribution is -0.138. The summed E-state index contributed by atoms with van der Waals surface area (Å²) in [6, 6.07) is 1.88. The number of pyridine rings is 1. The van der Waals surface area contributed by atoms with Gasteiger partial charge in [0.2, 0.25) is 0 Å². The fourth-order valence-electron chi connectivity index (χ4n) is 1.35. The van der Waals surface area contributed by atoms with Crippen molar-refractivity contribution < 1.29 is 22.0 Å². The molecule has 0 amide bonds. The molecule has 2 nitrogen and oxygen atoms in total. The predicted octanol–water partition coefficient (Wildman–Crippen LogP) is 3.41. The van der Waals surface area contributed by atoms with Crippen molar-refractivity contribution in [2.75, 3.05) is 0 Å². The molecule has 17 heavy (non-hydrogen) atoms. The van der Waals surface area contributed by atoms with Crippen molar-refractivity contribution >= 4 is 0 Å². The van der Waals surface area contributed by atoms with E-state index in [1.807, 2.05) is 0 Å². The van der Waals surface area contributed by atoms with Crippen LogP contribution in [-0.4, -0.2) is 4.98 Å². The second-order valence-electron chi connectivity index (χ2n) is 3.29. The van der Waals surface area contributed by atoms with E-state index in [9.17, 15) is 22.0 Å². The fraction of sp³-hybridized carbons (Fsp3) is 0.400. The summed E-state index contributed by atoms with van der Waals surface area (Å²) >= 11 is 0. The summed E-state index contributed by atoms with van der Waals surface area (Å²) in [5.41, 5.74) is -2.76. The Morgan fingerprint density at radius 2 is 2.00 bits per heavy atom. The molecule has 0 aliphatic rings. The highest BCUT2D eigenvalue weighted by Gasteiger charge is 2.35. The van der Waals surface area contributed by atoms with Crippen molar-refractivity contribution in [2.45, 2.75) is 25.9 Å². The highest BCUT2D eigenvalue weighted by molar-refractivity contribution is 5.34. The van der Waals surface area contributed by atoms with Crippen LogP contribution >= 0.6 is 0 Å². The van der Waals surface area contributed by atoms with Crippen LogP contribution in [0.2, 0.25) is 0 Å². The molecule has 1 heterocycles. The lowest BCUT2D eigenvalue weighted by Crippen LogP contribution is -2.13. The molecule has 92 valence electrons. The van der Waals surface area contributed by atoms with Crippen LogP contribution in [0.3, 0.4) is 0 Å². The normalized spacial score (nSPS) is 11.6. The fourth-order valence-corrected chi connectivity index (χ4v) is 1.35. The van der Waals surface area contributed by atoms with Gasteiger partial charge in [-0.15, -0.1) is 0 Å². The summed E-state index contributed by atoms with van der Waals surface area (Å²) in [6.45, 7) is 1.18. The van der Waals surface area contributed by atoms with Gasteiger partial charge in [0.15, 0.2) is 0 Å². The van der Waals surface area contributed by atoms with Gasteiger partial charge in [-0.3, -0.25) is 4.98 Å². The molecule has 1 aromatic heterocycles. The molecule has 0 aliphatic heterocycles. The van der Waals surface area contributed by atoms with Crippen LogP contribution in [0, 0.1) is 18.3 Å². The van der Waals surface area contributed by atoms with Crippen molar-refractivity contribution in [3.63, 3.8) is 0 Å². The molecule has 0 spiro atoms. The minimum Gasteiger partial charge on any atom is -0.256 e. The van der Waals surface area contributed by atoms with Crippen LogP contribution in [0.5, 0.6) is 0 Å². The minimum absolute atomic E-state index is 0.196. The zero-order chi connectivity index (χ0) is 13.2. The van der Waals surface area contributed by atoms with Crippen molar-refractivity contribution in [3.8, 4) is 6.07 Å². The van der Waals surface area contributed by atoms with Crippen LogP contribution in [0.4, 0.5) is 22.0 Å². The van der Waals surface area contributed by atoms with Gasteiger partial charge in [0.1, 0.15) is 0 Å². The number of alkyl halides is 5. The largest absolute Gasteiger partial charge is 0.418 e. The van der Waals surface area contributed by atoms with Crippen LogP contribution in [-0.2, 0) is 12.6 Å². The number of rotatable bonds is 2. The third-order valence-electron chi connectivity index (χ3n) is 2.12. The first-order valence-corrected chi connectivity index (χ1v) is 4.50. The summed E-state index contributed by atoms with van der Waals surface area (Å²) in [6.07, 6.45) is -8.39. The van der Waals surface area contributed by atoms with E-state index < -0.39 is 35.8 Å². The molecule has 0 N–H and O–H groups in total. The number of nitriles is 1. The van der Waals surface area contributed by atoms with Gasteiger partial charge in [0, 0.05) is 11.3 Å². The zero-order valence-electron chi connectivity index (χ0n) is 8.65. The van der Waals surface area contributed by atoms with Crippen LogP contribution in [0.15, 0.2) is 6.07 Å². The minimum atomic E-state index is -4.80. The number of halogens is 5. The highest BCUT2D eigenvalue weighted by atomic mass is 19.4.